The fourth-order valence-corrected chi connectivity index (χ4v) is 3.85. The number of carboxylic acid groups (broad SMARTS) is 1. The van der Waals surface area contributed by atoms with Crippen molar-refractivity contribution in [2.75, 3.05) is 0 Å². The van der Waals surface area contributed by atoms with Gasteiger partial charge in [0.1, 0.15) is 0 Å². The highest BCUT2D eigenvalue weighted by atomic mass is 16.4. The van der Waals surface area contributed by atoms with Crippen molar-refractivity contribution in [3.05, 3.63) is 0 Å². The van der Waals surface area contributed by atoms with E-state index in [1.54, 1.807) is 0 Å². The first-order valence-electron chi connectivity index (χ1n) is 6.52. The molecule has 3 nitrogen and oxygen atoms in total. The molecule has 0 aliphatic heterocycles. The van der Waals surface area contributed by atoms with Gasteiger partial charge < -0.3 is 10.2 Å². The molecule has 0 aromatic rings. The van der Waals surface area contributed by atoms with Gasteiger partial charge in [0.15, 0.2) is 0 Å². The molecule has 0 saturated heterocycles. The molecule has 0 radical (unpaired) electrons. The standard InChI is InChI=1S/C13H22O3/c14-11(15)10-13(16)9-5-4-8-12(13)6-2-1-3-7-12/h16H,1-10H2,(H,14,15). The molecule has 2 saturated carbocycles. The van der Waals surface area contributed by atoms with E-state index in [1.807, 2.05) is 0 Å². The number of rotatable bonds is 2. The zero-order valence-corrected chi connectivity index (χ0v) is 9.87. The molecule has 2 rings (SSSR count). The van der Waals surface area contributed by atoms with Gasteiger partial charge in [0.05, 0.1) is 12.0 Å². The highest BCUT2D eigenvalue weighted by Crippen LogP contribution is 2.54. The summed E-state index contributed by atoms with van der Waals surface area (Å²) in [6, 6.07) is 0. The van der Waals surface area contributed by atoms with Crippen LogP contribution in [0, 0.1) is 5.41 Å². The van der Waals surface area contributed by atoms with Gasteiger partial charge in [0.2, 0.25) is 0 Å². The number of aliphatic hydroxyl groups is 1. The van der Waals surface area contributed by atoms with Gasteiger partial charge in [-0.05, 0) is 31.1 Å². The van der Waals surface area contributed by atoms with Crippen molar-refractivity contribution in [1.82, 2.24) is 0 Å². The Labute approximate surface area is 96.9 Å². The van der Waals surface area contributed by atoms with Crippen LogP contribution in [0.3, 0.4) is 0 Å². The van der Waals surface area contributed by atoms with Gasteiger partial charge in [-0.15, -0.1) is 0 Å². The summed E-state index contributed by atoms with van der Waals surface area (Å²) in [5.41, 5.74) is -1.01. The molecule has 2 fully saturated rings. The second kappa shape index (κ2) is 4.36. The van der Waals surface area contributed by atoms with E-state index < -0.39 is 11.6 Å². The van der Waals surface area contributed by atoms with E-state index >= 15 is 0 Å². The smallest absolute Gasteiger partial charge is 0.306 e. The van der Waals surface area contributed by atoms with E-state index in [1.165, 1.54) is 6.42 Å². The lowest BCUT2D eigenvalue weighted by atomic mass is 9.56. The summed E-state index contributed by atoms with van der Waals surface area (Å²) in [7, 11) is 0. The second-order valence-corrected chi connectivity index (χ2v) is 5.65. The monoisotopic (exact) mass is 226 g/mol. The Morgan fingerprint density at radius 2 is 1.44 bits per heavy atom. The zero-order chi connectivity index (χ0) is 11.6. The van der Waals surface area contributed by atoms with Crippen molar-refractivity contribution in [3.63, 3.8) is 0 Å². The minimum atomic E-state index is -0.933. The van der Waals surface area contributed by atoms with E-state index in [9.17, 15) is 9.90 Å². The molecule has 92 valence electrons. The van der Waals surface area contributed by atoms with Crippen LogP contribution in [0.4, 0.5) is 0 Å². The number of carbonyl (C=O) groups is 1. The summed E-state index contributed by atoms with van der Waals surface area (Å²) < 4.78 is 0. The fraction of sp³-hybridized carbons (Fsp3) is 0.923. The Hall–Kier alpha value is -0.570. The predicted octanol–water partition coefficient (Wildman–Crippen LogP) is 2.72. The van der Waals surface area contributed by atoms with Crippen molar-refractivity contribution in [2.45, 2.75) is 69.8 Å². The summed E-state index contributed by atoms with van der Waals surface area (Å²) in [4.78, 5) is 10.9. The van der Waals surface area contributed by atoms with Crippen LogP contribution in [0.1, 0.15) is 64.2 Å². The third-order valence-corrected chi connectivity index (χ3v) is 4.74. The average Bonchev–Trinajstić information content (AvgIpc) is 2.23. The molecular formula is C13H22O3. The molecule has 2 aliphatic rings. The Morgan fingerprint density at radius 1 is 0.938 bits per heavy atom. The van der Waals surface area contributed by atoms with Gasteiger partial charge in [0, 0.05) is 0 Å². The molecule has 2 N–H and O–H groups in total. The highest BCUT2D eigenvalue weighted by molar-refractivity contribution is 5.68. The van der Waals surface area contributed by atoms with Gasteiger partial charge in [-0.1, -0.05) is 32.1 Å². The van der Waals surface area contributed by atoms with Crippen LogP contribution in [-0.2, 0) is 4.79 Å². The Balaban J connectivity index is 2.20. The van der Waals surface area contributed by atoms with Crippen LogP contribution >= 0.6 is 0 Å². The van der Waals surface area contributed by atoms with Crippen molar-refractivity contribution < 1.29 is 15.0 Å². The van der Waals surface area contributed by atoms with E-state index in [0.29, 0.717) is 6.42 Å². The molecule has 1 spiro atoms. The minimum absolute atomic E-state index is 0.0625. The summed E-state index contributed by atoms with van der Waals surface area (Å²) >= 11 is 0. The molecule has 0 bridgehead atoms. The second-order valence-electron chi connectivity index (χ2n) is 5.65. The summed E-state index contributed by atoms with van der Waals surface area (Å²) in [6.07, 6.45) is 9.37. The molecule has 1 atom stereocenters. The average molecular weight is 226 g/mol. The predicted molar refractivity (Wildman–Crippen MR) is 61.2 cm³/mol. The van der Waals surface area contributed by atoms with Crippen molar-refractivity contribution in [1.29, 1.82) is 0 Å². The summed E-state index contributed by atoms with van der Waals surface area (Å²) in [6.45, 7) is 0. The Bertz CT molecular complexity index is 260. The van der Waals surface area contributed by atoms with E-state index in [0.717, 1.165) is 44.9 Å². The van der Waals surface area contributed by atoms with Crippen LogP contribution in [0.5, 0.6) is 0 Å². The molecule has 0 amide bonds. The van der Waals surface area contributed by atoms with Gasteiger partial charge >= 0.3 is 5.97 Å². The first-order chi connectivity index (χ1) is 7.58. The van der Waals surface area contributed by atoms with E-state index in [4.69, 9.17) is 5.11 Å². The SMILES string of the molecule is O=C(O)CC1(O)CCCCC12CCCCC2. The molecule has 0 aromatic heterocycles. The lowest BCUT2D eigenvalue weighted by molar-refractivity contribution is -0.164. The van der Waals surface area contributed by atoms with E-state index in [2.05, 4.69) is 0 Å². The van der Waals surface area contributed by atoms with E-state index in [-0.39, 0.29) is 11.8 Å². The van der Waals surface area contributed by atoms with Crippen molar-refractivity contribution >= 4 is 5.97 Å². The topological polar surface area (TPSA) is 57.5 Å². The van der Waals surface area contributed by atoms with Crippen LogP contribution in [0.15, 0.2) is 0 Å². The zero-order valence-electron chi connectivity index (χ0n) is 9.87. The lowest BCUT2D eigenvalue weighted by Crippen LogP contribution is -2.52. The number of carboxylic acids is 1. The molecule has 0 heterocycles. The lowest BCUT2D eigenvalue weighted by Gasteiger charge is -2.52. The third-order valence-electron chi connectivity index (χ3n) is 4.74. The summed E-state index contributed by atoms with van der Waals surface area (Å²) in [5, 5.41) is 19.7. The third kappa shape index (κ3) is 1.97. The number of hydrogen-bond donors (Lipinski definition) is 2. The normalized spacial score (nSPS) is 33.8. The Kier molecular flexibility index (Phi) is 3.24. The largest absolute Gasteiger partial charge is 0.481 e. The van der Waals surface area contributed by atoms with Gasteiger partial charge in [-0.3, -0.25) is 4.79 Å². The van der Waals surface area contributed by atoms with Crippen molar-refractivity contribution in [2.24, 2.45) is 5.41 Å². The van der Waals surface area contributed by atoms with Crippen LogP contribution in [0.25, 0.3) is 0 Å². The van der Waals surface area contributed by atoms with Crippen LogP contribution in [-0.4, -0.2) is 21.8 Å². The van der Waals surface area contributed by atoms with Gasteiger partial charge in [-0.25, -0.2) is 0 Å². The van der Waals surface area contributed by atoms with Gasteiger partial charge in [0.25, 0.3) is 0 Å². The maximum absolute atomic E-state index is 10.9. The number of aliphatic carboxylic acids is 1. The van der Waals surface area contributed by atoms with Gasteiger partial charge in [-0.2, -0.15) is 0 Å². The first kappa shape index (κ1) is 11.9. The first-order valence-corrected chi connectivity index (χ1v) is 6.52. The minimum Gasteiger partial charge on any atom is -0.481 e. The molecule has 16 heavy (non-hydrogen) atoms. The van der Waals surface area contributed by atoms with Crippen molar-refractivity contribution in [3.8, 4) is 0 Å². The van der Waals surface area contributed by atoms with Crippen LogP contribution < -0.4 is 0 Å². The van der Waals surface area contributed by atoms with Crippen LogP contribution in [0.2, 0.25) is 0 Å². The quantitative estimate of drug-likeness (QED) is 0.761. The molecule has 2 aliphatic carbocycles. The Morgan fingerprint density at radius 3 is 2.00 bits per heavy atom. The maximum atomic E-state index is 10.9. The maximum Gasteiger partial charge on any atom is 0.306 e. The fourth-order valence-electron chi connectivity index (χ4n) is 3.85. The molecule has 3 heteroatoms. The molecule has 0 aromatic carbocycles. The summed E-state index contributed by atoms with van der Waals surface area (Å²) in [5.74, 6) is -0.852. The number of hydrogen-bond acceptors (Lipinski definition) is 2. The molecule has 1 unspecified atom stereocenters. The molecular weight excluding hydrogens is 204 g/mol. The highest BCUT2D eigenvalue weighted by Gasteiger charge is 2.52.